The summed E-state index contributed by atoms with van der Waals surface area (Å²) in [4.78, 5) is 35.0. The Morgan fingerprint density at radius 3 is 2.00 bits per heavy atom. The van der Waals surface area contributed by atoms with Crippen molar-refractivity contribution < 1.29 is 24.2 Å². The number of amides is 2. The molecule has 0 aromatic heterocycles. The molecule has 1 aliphatic rings. The van der Waals surface area contributed by atoms with E-state index in [-0.39, 0.29) is 10.8 Å². The lowest BCUT2D eigenvalue weighted by Gasteiger charge is -2.08. The van der Waals surface area contributed by atoms with Gasteiger partial charge in [0.25, 0.3) is 11.1 Å². The topological polar surface area (TPSA) is 92.7 Å². The number of carbonyl (C=O) groups excluding carboxylic acids is 2. The molecule has 0 radical (unpaired) electrons. The fourth-order valence-corrected chi connectivity index (χ4v) is 3.82. The lowest BCUT2D eigenvalue weighted by Crippen LogP contribution is -2.17. The van der Waals surface area contributed by atoms with Crippen LogP contribution in [0.1, 0.15) is 22.3 Å². The van der Waals surface area contributed by atoms with Crippen LogP contribution in [0.5, 0.6) is 11.5 Å². The minimum Gasteiger partial charge on any atom is -0.478 e. The minimum atomic E-state index is -1.01. The van der Waals surface area contributed by atoms with Crippen molar-refractivity contribution in [2.24, 2.45) is 0 Å². The zero-order chi connectivity index (χ0) is 23.4. The summed E-state index contributed by atoms with van der Waals surface area (Å²) in [6, 6.07) is 21.5. The van der Waals surface area contributed by atoms with Crippen molar-refractivity contribution in [1.82, 2.24) is 5.32 Å². The normalized spacial score (nSPS) is 14.9. The number of hydrogen-bond donors (Lipinski definition) is 2. The molecular formula is C26H19NO5S. The highest BCUT2D eigenvalue weighted by molar-refractivity contribution is 8.18. The molecule has 0 saturated carbocycles. The molecule has 33 heavy (non-hydrogen) atoms. The molecule has 1 saturated heterocycles. The predicted octanol–water partition coefficient (Wildman–Crippen LogP) is 5.74. The van der Waals surface area contributed by atoms with E-state index < -0.39 is 11.9 Å². The highest BCUT2D eigenvalue weighted by Crippen LogP contribution is 2.28. The summed E-state index contributed by atoms with van der Waals surface area (Å²) in [5.74, 6) is -0.272. The molecule has 164 valence electrons. The molecule has 0 bridgehead atoms. The summed E-state index contributed by atoms with van der Waals surface area (Å²) in [5.41, 5.74) is 3.44. The molecule has 0 atom stereocenters. The quantitative estimate of drug-likeness (QED) is 0.362. The van der Waals surface area contributed by atoms with Gasteiger partial charge >= 0.3 is 5.97 Å². The lowest BCUT2D eigenvalue weighted by molar-refractivity contribution is -0.130. The highest BCUT2D eigenvalue weighted by Gasteiger charge is 2.24. The first kappa shape index (κ1) is 22.1. The Labute approximate surface area is 194 Å². The summed E-state index contributed by atoms with van der Waals surface area (Å²) in [7, 11) is 0. The third-order valence-electron chi connectivity index (χ3n) is 4.84. The molecule has 0 aliphatic carbocycles. The van der Waals surface area contributed by atoms with E-state index in [9.17, 15) is 19.5 Å². The van der Waals surface area contributed by atoms with Crippen molar-refractivity contribution in [1.29, 1.82) is 0 Å². The Morgan fingerprint density at radius 1 is 0.879 bits per heavy atom. The second-order valence-electron chi connectivity index (χ2n) is 7.32. The fourth-order valence-electron chi connectivity index (χ4n) is 3.14. The number of aliphatic carboxylic acids is 1. The first-order valence-corrected chi connectivity index (χ1v) is 10.8. The van der Waals surface area contributed by atoms with Gasteiger partial charge in [-0.25, -0.2) is 4.79 Å². The molecule has 3 aromatic carbocycles. The number of carboxylic acids is 1. The van der Waals surface area contributed by atoms with Crippen molar-refractivity contribution >= 4 is 46.6 Å². The number of ether oxygens (including phenoxy) is 1. The molecule has 1 aliphatic heterocycles. The predicted molar refractivity (Wildman–Crippen MR) is 129 cm³/mol. The van der Waals surface area contributed by atoms with Crippen molar-refractivity contribution in [3.8, 4) is 11.5 Å². The summed E-state index contributed by atoms with van der Waals surface area (Å²) in [6.45, 7) is 1.98. The Balaban J connectivity index is 1.47. The summed E-state index contributed by atoms with van der Waals surface area (Å²) in [6.07, 6.45) is 3.28. The monoisotopic (exact) mass is 457 g/mol. The number of imide groups is 1. The molecule has 3 aromatic rings. The van der Waals surface area contributed by atoms with Crippen LogP contribution in [0.3, 0.4) is 0 Å². The zero-order valence-corrected chi connectivity index (χ0v) is 18.4. The van der Waals surface area contributed by atoms with Crippen molar-refractivity contribution in [3.63, 3.8) is 0 Å². The lowest BCUT2D eigenvalue weighted by atomic mass is 10.0. The number of benzene rings is 3. The van der Waals surface area contributed by atoms with Crippen molar-refractivity contribution in [2.75, 3.05) is 0 Å². The van der Waals surface area contributed by atoms with Gasteiger partial charge in [-0.2, -0.15) is 0 Å². The van der Waals surface area contributed by atoms with Gasteiger partial charge in [-0.15, -0.1) is 0 Å². The van der Waals surface area contributed by atoms with Gasteiger partial charge in [0.05, 0.1) is 10.5 Å². The number of hydrogen-bond acceptors (Lipinski definition) is 5. The summed E-state index contributed by atoms with van der Waals surface area (Å²) >= 11 is 0.866. The number of thioether (sulfide) groups is 1. The van der Waals surface area contributed by atoms with Gasteiger partial charge in [-0.3, -0.25) is 14.9 Å². The maximum Gasteiger partial charge on any atom is 0.336 e. The maximum atomic E-state index is 11.8. The van der Waals surface area contributed by atoms with Crippen LogP contribution in [0.25, 0.3) is 17.7 Å². The smallest absolute Gasteiger partial charge is 0.336 e. The van der Waals surface area contributed by atoms with Crippen LogP contribution in [0.4, 0.5) is 4.79 Å². The van der Waals surface area contributed by atoms with Gasteiger partial charge < -0.3 is 9.84 Å². The second-order valence-corrected chi connectivity index (χ2v) is 8.34. The summed E-state index contributed by atoms with van der Waals surface area (Å²) in [5, 5.41) is 11.5. The first-order valence-electron chi connectivity index (χ1n) is 10.0. The Kier molecular flexibility index (Phi) is 6.42. The van der Waals surface area contributed by atoms with Gasteiger partial charge in [0.15, 0.2) is 0 Å². The first-order chi connectivity index (χ1) is 15.9. The minimum absolute atomic E-state index is 0.190. The van der Waals surface area contributed by atoms with Gasteiger partial charge in [-0.1, -0.05) is 54.1 Å². The zero-order valence-electron chi connectivity index (χ0n) is 17.6. The average Bonchev–Trinajstić information content (AvgIpc) is 3.11. The van der Waals surface area contributed by atoms with E-state index in [0.29, 0.717) is 22.0 Å². The van der Waals surface area contributed by atoms with Gasteiger partial charge in [0.2, 0.25) is 0 Å². The number of carbonyl (C=O) groups is 3. The molecule has 2 amide bonds. The third-order valence-corrected chi connectivity index (χ3v) is 5.65. The number of nitrogens with one attached hydrogen (secondary N) is 1. The second kappa shape index (κ2) is 9.58. The van der Waals surface area contributed by atoms with Crippen molar-refractivity contribution in [2.45, 2.75) is 6.92 Å². The molecule has 4 rings (SSSR count). The molecule has 0 unspecified atom stereocenters. The fraction of sp³-hybridized carbons (Fsp3) is 0.0385. The SMILES string of the molecule is Cc1ccc(/C=C(\C(=O)O)c2ccc(Oc3ccc(/C=C4/SC(=O)NC4=O)cc3)cc2)cc1. The molecule has 1 fully saturated rings. The molecular weight excluding hydrogens is 438 g/mol. The number of aryl methyl sites for hydroxylation is 1. The number of rotatable bonds is 6. The molecule has 2 N–H and O–H groups in total. The molecule has 7 heteroatoms. The van der Waals surface area contributed by atoms with E-state index in [1.165, 1.54) is 0 Å². The standard InChI is InChI=1S/C26H19NO5S/c1-16-2-4-17(5-3-16)14-22(25(29)30)19-8-12-21(13-9-19)32-20-10-6-18(7-11-20)15-23-24(28)27-26(31)33-23/h2-15H,1H3,(H,29,30)(H,27,28,31)/b22-14-,23-15+. The Morgan fingerprint density at radius 2 is 1.45 bits per heavy atom. The van der Waals surface area contributed by atoms with E-state index in [0.717, 1.165) is 28.5 Å². The third kappa shape index (κ3) is 5.58. The summed E-state index contributed by atoms with van der Waals surface area (Å²) < 4.78 is 5.84. The van der Waals surface area contributed by atoms with Crippen LogP contribution >= 0.6 is 11.8 Å². The van der Waals surface area contributed by atoms with E-state index >= 15 is 0 Å². The molecule has 6 nitrogen and oxygen atoms in total. The molecule has 1 heterocycles. The van der Waals surface area contributed by atoms with Crippen LogP contribution in [-0.2, 0) is 9.59 Å². The van der Waals surface area contributed by atoms with E-state index in [1.807, 2.05) is 31.2 Å². The average molecular weight is 458 g/mol. The van der Waals surface area contributed by atoms with Gasteiger partial charge in [0.1, 0.15) is 11.5 Å². The van der Waals surface area contributed by atoms with E-state index in [2.05, 4.69) is 5.32 Å². The number of carboxylic acid groups (broad SMARTS) is 1. The van der Waals surface area contributed by atoms with Crippen LogP contribution in [0.15, 0.2) is 77.7 Å². The van der Waals surface area contributed by atoms with Crippen LogP contribution in [0, 0.1) is 6.92 Å². The Hall–Kier alpha value is -4.10. The maximum absolute atomic E-state index is 11.8. The van der Waals surface area contributed by atoms with E-state index in [4.69, 9.17) is 4.74 Å². The van der Waals surface area contributed by atoms with Crippen LogP contribution < -0.4 is 10.1 Å². The molecule has 0 spiro atoms. The van der Waals surface area contributed by atoms with E-state index in [1.54, 1.807) is 60.7 Å². The van der Waals surface area contributed by atoms with Crippen molar-refractivity contribution in [3.05, 3.63) is 100.0 Å². The van der Waals surface area contributed by atoms with Crippen LogP contribution in [0.2, 0.25) is 0 Å². The van der Waals surface area contributed by atoms with Crippen LogP contribution in [-0.4, -0.2) is 22.2 Å². The highest BCUT2D eigenvalue weighted by atomic mass is 32.2. The Bertz CT molecular complexity index is 1270. The van der Waals surface area contributed by atoms with Gasteiger partial charge in [0, 0.05) is 0 Å². The van der Waals surface area contributed by atoms with Gasteiger partial charge in [-0.05, 0) is 71.8 Å². The largest absolute Gasteiger partial charge is 0.478 e.